The molecule has 0 N–H and O–H groups in total. The number of fused-ring (bicyclic) bond motifs is 2. The Morgan fingerprint density at radius 3 is 1.68 bits per heavy atom. The molecule has 0 atom stereocenters. The molecule has 4 heteroatoms. The van der Waals surface area contributed by atoms with Crippen LogP contribution in [-0.4, -0.2) is 4.98 Å². The van der Waals surface area contributed by atoms with Crippen molar-refractivity contribution in [2.75, 3.05) is 9.80 Å². The first-order valence-electron chi connectivity index (χ1n) is 11.1. The second-order valence-electron chi connectivity index (χ2n) is 8.08. The number of anilines is 6. The van der Waals surface area contributed by atoms with Crippen molar-refractivity contribution in [3.63, 3.8) is 0 Å². The van der Waals surface area contributed by atoms with Gasteiger partial charge in [0.2, 0.25) is 0 Å². The molecule has 5 aromatic rings. The van der Waals surface area contributed by atoms with E-state index in [1.54, 1.807) is 12.3 Å². The molecule has 0 unspecified atom stereocenters. The maximum Gasteiger partial charge on any atom is 0.101 e. The monoisotopic (exact) mass is 436 g/mol. The molecule has 0 saturated heterocycles. The van der Waals surface area contributed by atoms with Gasteiger partial charge in [-0.2, -0.15) is 5.26 Å². The van der Waals surface area contributed by atoms with Crippen LogP contribution in [0.15, 0.2) is 121 Å². The molecule has 0 aliphatic carbocycles. The molecule has 1 aliphatic heterocycles. The average molecular weight is 437 g/mol. The van der Waals surface area contributed by atoms with Gasteiger partial charge in [-0.05, 0) is 60.7 Å². The lowest BCUT2D eigenvalue weighted by Crippen LogP contribution is -2.23. The summed E-state index contributed by atoms with van der Waals surface area (Å²) in [7, 11) is 0. The molecule has 0 saturated carbocycles. The zero-order chi connectivity index (χ0) is 22.9. The van der Waals surface area contributed by atoms with Crippen molar-refractivity contribution < 1.29 is 0 Å². The lowest BCUT2D eigenvalue weighted by molar-refractivity contribution is 1.17. The normalized spacial score (nSPS) is 12.0. The minimum absolute atomic E-state index is 0.555. The van der Waals surface area contributed by atoms with Crippen molar-refractivity contribution in [1.29, 1.82) is 5.26 Å². The van der Waals surface area contributed by atoms with Crippen LogP contribution in [0.4, 0.5) is 34.1 Å². The summed E-state index contributed by atoms with van der Waals surface area (Å²) in [5.74, 6) is 0. The number of nitriles is 1. The molecular formula is C30H20N4. The van der Waals surface area contributed by atoms with Crippen molar-refractivity contribution in [1.82, 2.24) is 4.98 Å². The molecule has 0 amide bonds. The number of benzene rings is 4. The van der Waals surface area contributed by atoms with Crippen LogP contribution < -0.4 is 9.80 Å². The lowest BCUT2D eigenvalue weighted by atomic mass is 10.0. The third kappa shape index (κ3) is 3.28. The average Bonchev–Trinajstić information content (AvgIpc) is 2.92. The standard InChI is InChI=1S/C30H20N4/c31-20-22-17-18-26(32-21-22)23-9-8-12-25(19-23)34-29-15-6-4-13-27(29)33(24-10-2-1-3-11-24)28-14-5-7-16-30(28)34/h1-19,21H. The minimum Gasteiger partial charge on any atom is -0.306 e. The highest BCUT2D eigenvalue weighted by Crippen LogP contribution is 2.53. The number of hydrogen-bond donors (Lipinski definition) is 0. The van der Waals surface area contributed by atoms with Crippen molar-refractivity contribution in [3.05, 3.63) is 127 Å². The van der Waals surface area contributed by atoms with Gasteiger partial charge < -0.3 is 9.80 Å². The second kappa shape index (κ2) is 8.23. The number of aromatic nitrogens is 1. The molecule has 4 nitrogen and oxygen atoms in total. The zero-order valence-electron chi connectivity index (χ0n) is 18.3. The lowest BCUT2D eigenvalue weighted by Gasteiger charge is -2.40. The number of pyridine rings is 1. The van der Waals surface area contributed by atoms with Crippen LogP contribution in [-0.2, 0) is 0 Å². The number of nitrogens with zero attached hydrogens (tertiary/aromatic N) is 4. The van der Waals surface area contributed by atoms with Crippen molar-refractivity contribution in [3.8, 4) is 17.3 Å². The molecule has 1 aromatic heterocycles. The van der Waals surface area contributed by atoms with Crippen LogP contribution in [0.1, 0.15) is 5.56 Å². The predicted molar refractivity (Wildman–Crippen MR) is 137 cm³/mol. The summed E-state index contributed by atoms with van der Waals surface area (Å²) in [6.45, 7) is 0. The van der Waals surface area contributed by atoms with Gasteiger partial charge in [-0.1, -0.05) is 54.6 Å². The highest BCUT2D eigenvalue weighted by Gasteiger charge is 2.29. The van der Waals surface area contributed by atoms with Crippen LogP contribution >= 0.6 is 0 Å². The Hall–Kier alpha value is -4.88. The van der Waals surface area contributed by atoms with Gasteiger partial charge in [0.15, 0.2) is 0 Å². The Kier molecular flexibility index (Phi) is 4.79. The molecule has 1 aliphatic rings. The molecule has 2 heterocycles. The summed E-state index contributed by atoms with van der Waals surface area (Å²) >= 11 is 0. The van der Waals surface area contributed by atoms with Gasteiger partial charge in [0.05, 0.1) is 34.0 Å². The molecule has 34 heavy (non-hydrogen) atoms. The third-order valence-electron chi connectivity index (χ3n) is 6.03. The number of para-hydroxylation sites is 5. The van der Waals surface area contributed by atoms with Crippen LogP contribution in [0.25, 0.3) is 11.3 Å². The summed E-state index contributed by atoms with van der Waals surface area (Å²) in [4.78, 5) is 9.11. The highest BCUT2D eigenvalue weighted by atomic mass is 15.3. The molecule has 0 bridgehead atoms. The fraction of sp³-hybridized carbons (Fsp3) is 0. The maximum absolute atomic E-state index is 9.10. The molecule has 4 aromatic carbocycles. The first-order valence-corrected chi connectivity index (χ1v) is 11.1. The van der Waals surface area contributed by atoms with Gasteiger partial charge in [0.1, 0.15) is 6.07 Å². The molecule has 6 rings (SSSR count). The SMILES string of the molecule is N#Cc1ccc(-c2cccc(N3c4ccccc4N(c4ccccc4)c4ccccc43)c2)nc1. The van der Waals surface area contributed by atoms with Crippen molar-refractivity contribution >= 4 is 34.1 Å². The van der Waals surface area contributed by atoms with E-state index >= 15 is 0 Å². The van der Waals surface area contributed by atoms with E-state index in [1.807, 2.05) is 12.1 Å². The van der Waals surface area contributed by atoms with Gasteiger partial charge in [-0.15, -0.1) is 0 Å². The molecule has 160 valence electrons. The first kappa shape index (κ1) is 19.8. The predicted octanol–water partition coefficient (Wildman–Crippen LogP) is 7.87. The summed E-state index contributed by atoms with van der Waals surface area (Å²) in [6, 6.07) is 41.6. The van der Waals surface area contributed by atoms with E-state index in [0.29, 0.717) is 5.56 Å². The van der Waals surface area contributed by atoms with Gasteiger partial charge in [0.25, 0.3) is 0 Å². The number of rotatable bonds is 3. The fourth-order valence-electron chi connectivity index (χ4n) is 4.51. The van der Waals surface area contributed by atoms with Crippen molar-refractivity contribution in [2.24, 2.45) is 0 Å². The van der Waals surface area contributed by atoms with Gasteiger partial charge >= 0.3 is 0 Å². The largest absolute Gasteiger partial charge is 0.306 e. The van der Waals surface area contributed by atoms with E-state index in [2.05, 4.69) is 118 Å². The van der Waals surface area contributed by atoms with Gasteiger partial charge in [-0.25, -0.2) is 0 Å². The van der Waals surface area contributed by atoms with Crippen LogP contribution in [0.5, 0.6) is 0 Å². The Balaban J connectivity index is 1.53. The molecular weight excluding hydrogens is 416 g/mol. The van der Waals surface area contributed by atoms with Crippen LogP contribution in [0, 0.1) is 11.3 Å². The highest BCUT2D eigenvalue weighted by molar-refractivity contribution is 6.01. The van der Waals surface area contributed by atoms with E-state index in [1.165, 1.54) is 0 Å². The fourth-order valence-corrected chi connectivity index (χ4v) is 4.51. The molecule has 0 radical (unpaired) electrons. The Bertz CT molecular complexity index is 1470. The second-order valence-corrected chi connectivity index (χ2v) is 8.08. The van der Waals surface area contributed by atoms with E-state index in [9.17, 15) is 0 Å². The van der Waals surface area contributed by atoms with Crippen LogP contribution in [0.3, 0.4) is 0 Å². The third-order valence-corrected chi connectivity index (χ3v) is 6.03. The Morgan fingerprint density at radius 1 is 0.559 bits per heavy atom. The summed E-state index contributed by atoms with van der Waals surface area (Å²) in [5.41, 5.74) is 9.02. The van der Waals surface area contributed by atoms with E-state index in [0.717, 1.165) is 45.4 Å². The first-order chi connectivity index (χ1) is 16.8. The summed E-state index contributed by atoms with van der Waals surface area (Å²) in [6.07, 6.45) is 1.62. The number of hydrogen-bond acceptors (Lipinski definition) is 4. The van der Waals surface area contributed by atoms with Gasteiger partial charge in [0, 0.05) is 23.1 Å². The van der Waals surface area contributed by atoms with Gasteiger partial charge in [-0.3, -0.25) is 4.98 Å². The zero-order valence-corrected chi connectivity index (χ0v) is 18.3. The van der Waals surface area contributed by atoms with Crippen molar-refractivity contribution in [2.45, 2.75) is 0 Å². The quantitative estimate of drug-likeness (QED) is 0.283. The molecule has 0 fully saturated rings. The van der Waals surface area contributed by atoms with E-state index in [-0.39, 0.29) is 0 Å². The molecule has 0 spiro atoms. The van der Waals surface area contributed by atoms with Crippen LogP contribution in [0.2, 0.25) is 0 Å². The summed E-state index contributed by atoms with van der Waals surface area (Å²) in [5, 5.41) is 9.10. The summed E-state index contributed by atoms with van der Waals surface area (Å²) < 4.78 is 0. The Labute approximate surface area is 198 Å². The minimum atomic E-state index is 0.555. The van der Waals surface area contributed by atoms with E-state index < -0.39 is 0 Å². The topological polar surface area (TPSA) is 43.2 Å². The Morgan fingerprint density at radius 2 is 1.12 bits per heavy atom. The van der Waals surface area contributed by atoms with E-state index in [4.69, 9.17) is 5.26 Å². The smallest absolute Gasteiger partial charge is 0.101 e. The maximum atomic E-state index is 9.10.